The minimum Gasteiger partial charge on any atom is -0.396 e. The molecular weight excluding hydrogens is 312 g/mol. The van der Waals surface area contributed by atoms with Crippen molar-refractivity contribution in [3.8, 4) is 0 Å². The number of rotatable bonds is 15. The van der Waals surface area contributed by atoms with Crippen LogP contribution in [-0.4, -0.2) is 35.1 Å². The van der Waals surface area contributed by atoms with E-state index in [1.54, 1.807) is 0 Å². The van der Waals surface area contributed by atoms with Gasteiger partial charge < -0.3 is 15.3 Å². The molecular formula is C22H44O3. The van der Waals surface area contributed by atoms with E-state index in [9.17, 15) is 10.2 Å². The maximum absolute atomic E-state index is 10.2. The quantitative estimate of drug-likeness (QED) is 0.359. The molecule has 1 aliphatic rings. The van der Waals surface area contributed by atoms with Gasteiger partial charge in [-0.05, 0) is 36.5 Å². The Balaban J connectivity index is 2.33. The van der Waals surface area contributed by atoms with Gasteiger partial charge in [-0.15, -0.1) is 0 Å². The van der Waals surface area contributed by atoms with Gasteiger partial charge in [0.15, 0.2) is 0 Å². The minimum absolute atomic E-state index is 0.0213. The fourth-order valence-corrected chi connectivity index (χ4v) is 4.99. The first-order valence-electron chi connectivity index (χ1n) is 11.1. The molecule has 0 amide bonds. The summed E-state index contributed by atoms with van der Waals surface area (Å²) in [7, 11) is 0. The summed E-state index contributed by atoms with van der Waals surface area (Å²) in [6.45, 7) is 3.07. The van der Waals surface area contributed by atoms with Crippen LogP contribution in [0.5, 0.6) is 0 Å². The van der Waals surface area contributed by atoms with Crippen molar-refractivity contribution in [2.24, 2.45) is 17.3 Å². The van der Waals surface area contributed by atoms with Gasteiger partial charge in [0.1, 0.15) is 0 Å². The lowest BCUT2D eigenvalue weighted by Gasteiger charge is -2.47. The van der Waals surface area contributed by atoms with E-state index in [-0.39, 0.29) is 18.6 Å². The Morgan fingerprint density at radius 3 is 2.04 bits per heavy atom. The summed E-state index contributed by atoms with van der Waals surface area (Å²) in [6.07, 6.45) is 18.0. The molecule has 150 valence electrons. The van der Waals surface area contributed by atoms with Crippen molar-refractivity contribution in [2.45, 2.75) is 103 Å². The lowest BCUT2D eigenvalue weighted by Crippen LogP contribution is -2.44. The van der Waals surface area contributed by atoms with Crippen molar-refractivity contribution >= 4 is 0 Å². The van der Waals surface area contributed by atoms with Crippen molar-refractivity contribution in [3.63, 3.8) is 0 Å². The third-order valence-corrected chi connectivity index (χ3v) is 6.63. The van der Waals surface area contributed by atoms with Gasteiger partial charge in [0.2, 0.25) is 0 Å². The van der Waals surface area contributed by atoms with Crippen LogP contribution >= 0.6 is 0 Å². The lowest BCUT2D eigenvalue weighted by atomic mass is 9.59. The molecule has 0 saturated heterocycles. The Morgan fingerprint density at radius 2 is 1.48 bits per heavy atom. The summed E-state index contributed by atoms with van der Waals surface area (Å²) in [4.78, 5) is 0. The van der Waals surface area contributed by atoms with Crippen molar-refractivity contribution in [2.75, 3.05) is 19.8 Å². The Bertz CT molecular complexity index is 308. The van der Waals surface area contributed by atoms with Crippen LogP contribution in [0.1, 0.15) is 103 Å². The summed E-state index contributed by atoms with van der Waals surface area (Å²) < 4.78 is 0. The zero-order valence-electron chi connectivity index (χ0n) is 16.7. The van der Waals surface area contributed by atoms with Gasteiger partial charge in [-0.25, -0.2) is 0 Å². The Labute approximate surface area is 156 Å². The molecule has 0 aromatic rings. The highest BCUT2D eigenvalue weighted by Gasteiger charge is 2.43. The van der Waals surface area contributed by atoms with Crippen molar-refractivity contribution in [3.05, 3.63) is 0 Å². The van der Waals surface area contributed by atoms with Crippen LogP contribution in [0.25, 0.3) is 0 Å². The summed E-state index contributed by atoms with van der Waals surface area (Å²) in [5.41, 5.74) is -0.0213. The van der Waals surface area contributed by atoms with E-state index in [2.05, 4.69) is 6.92 Å². The van der Waals surface area contributed by atoms with Crippen LogP contribution in [0.15, 0.2) is 0 Å². The first kappa shape index (κ1) is 22.9. The van der Waals surface area contributed by atoms with Crippen molar-refractivity contribution in [1.29, 1.82) is 0 Å². The number of hydrogen-bond donors (Lipinski definition) is 3. The maximum Gasteiger partial charge on any atom is 0.0491 e. The van der Waals surface area contributed by atoms with Gasteiger partial charge in [-0.1, -0.05) is 84.0 Å². The zero-order chi connectivity index (χ0) is 18.4. The first-order valence-corrected chi connectivity index (χ1v) is 11.1. The molecule has 0 aliphatic heterocycles. The average molecular weight is 357 g/mol. The second kappa shape index (κ2) is 14.0. The number of aliphatic hydroxyl groups is 3. The van der Waals surface area contributed by atoms with Crippen LogP contribution in [0.4, 0.5) is 0 Å². The third kappa shape index (κ3) is 7.97. The molecule has 0 radical (unpaired) electrons. The molecule has 1 saturated carbocycles. The van der Waals surface area contributed by atoms with Gasteiger partial charge in [0, 0.05) is 19.8 Å². The van der Waals surface area contributed by atoms with Gasteiger partial charge in [-0.2, -0.15) is 0 Å². The normalized spacial score (nSPS) is 26.9. The van der Waals surface area contributed by atoms with Gasteiger partial charge >= 0.3 is 0 Å². The van der Waals surface area contributed by atoms with E-state index in [1.165, 1.54) is 70.6 Å². The summed E-state index contributed by atoms with van der Waals surface area (Å²) >= 11 is 0. The molecule has 1 fully saturated rings. The number of unbranched alkanes of at least 4 members (excludes halogenated alkanes) is 8. The molecule has 1 rings (SSSR count). The summed E-state index contributed by atoms with van der Waals surface area (Å²) in [5.74, 6) is 0.911. The van der Waals surface area contributed by atoms with Crippen molar-refractivity contribution < 1.29 is 15.3 Å². The van der Waals surface area contributed by atoms with E-state index in [4.69, 9.17) is 5.11 Å². The van der Waals surface area contributed by atoms with Crippen LogP contribution in [0.3, 0.4) is 0 Å². The van der Waals surface area contributed by atoms with E-state index >= 15 is 0 Å². The molecule has 3 unspecified atom stereocenters. The Hall–Kier alpha value is -0.120. The molecule has 3 nitrogen and oxygen atoms in total. The second-order valence-electron chi connectivity index (χ2n) is 8.41. The Morgan fingerprint density at radius 1 is 0.840 bits per heavy atom. The van der Waals surface area contributed by atoms with Crippen molar-refractivity contribution in [1.82, 2.24) is 0 Å². The molecule has 3 atom stereocenters. The molecule has 0 bridgehead atoms. The number of aliphatic hydroxyl groups excluding tert-OH is 3. The topological polar surface area (TPSA) is 60.7 Å². The highest BCUT2D eigenvalue weighted by molar-refractivity contribution is 4.93. The molecule has 0 aromatic heterocycles. The van der Waals surface area contributed by atoms with Crippen LogP contribution < -0.4 is 0 Å². The summed E-state index contributed by atoms with van der Waals surface area (Å²) in [6, 6.07) is 0. The fraction of sp³-hybridized carbons (Fsp3) is 1.00. The smallest absolute Gasteiger partial charge is 0.0491 e. The van der Waals surface area contributed by atoms with E-state index in [1.807, 2.05) is 0 Å². The predicted octanol–water partition coefficient (Wildman–Crippen LogP) is 5.07. The molecule has 0 aromatic carbocycles. The van der Waals surface area contributed by atoms with Gasteiger partial charge in [-0.3, -0.25) is 0 Å². The largest absolute Gasteiger partial charge is 0.396 e. The average Bonchev–Trinajstić information content (AvgIpc) is 2.64. The molecule has 3 N–H and O–H groups in total. The molecule has 0 heterocycles. The van der Waals surface area contributed by atoms with Gasteiger partial charge in [0.25, 0.3) is 0 Å². The summed E-state index contributed by atoms with van der Waals surface area (Å²) in [5, 5.41) is 29.0. The SMILES string of the molecule is CCCCC1CCCC(CO)(CCCCCCCCCCO)C1CO. The molecule has 1 aliphatic carbocycles. The zero-order valence-corrected chi connectivity index (χ0v) is 16.7. The highest BCUT2D eigenvalue weighted by atomic mass is 16.3. The first-order chi connectivity index (χ1) is 12.2. The van der Waals surface area contributed by atoms with E-state index in [0.29, 0.717) is 18.4 Å². The van der Waals surface area contributed by atoms with E-state index < -0.39 is 0 Å². The maximum atomic E-state index is 10.2. The van der Waals surface area contributed by atoms with Crippen LogP contribution in [-0.2, 0) is 0 Å². The Kier molecular flexibility index (Phi) is 12.8. The monoisotopic (exact) mass is 356 g/mol. The van der Waals surface area contributed by atoms with E-state index in [0.717, 1.165) is 25.7 Å². The lowest BCUT2D eigenvalue weighted by molar-refractivity contribution is -0.0486. The molecule has 0 spiro atoms. The fourth-order valence-electron chi connectivity index (χ4n) is 4.99. The molecule has 25 heavy (non-hydrogen) atoms. The standard InChI is InChI=1S/C22H44O3/c1-2-3-13-20-14-12-16-22(19-25,21(20)18-24)15-10-8-6-4-5-7-9-11-17-23/h20-21,23-25H,2-19H2,1H3. The predicted molar refractivity (Wildman–Crippen MR) is 106 cm³/mol. The minimum atomic E-state index is -0.0213. The number of hydrogen-bond acceptors (Lipinski definition) is 3. The second-order valence-corrected chi connectivity index (χ2v) is 8.41. The molecule has 3 heteroatoms. The highest BCUT2D eigenvalue weighted by Crippen LogP contribution is 2.49. The third-order valence-electron chi connectivity index (χ3n) is 6.63. The van der Waals surface area contributed by atoms with Gasteiger partial charge in [0.05, 0.1) is 0 Å². The van der Waals surface area contributed by atoms with Crippen LogP contribution in [0, 0.1) is 17.3 Å². The van der Waals surface area contributed by atoms with Crippen LogP contribution in [0.2, 0.25) is 0 Å².